The lowest BCUT2D eigenvalue weighted by atomic mass is 10.0. The Balaban J connectivity index is 4.27. The van der Waals surface area contributed by atoms with E-state index in [1.54, 1.807) is 0 Å². The molecule has 0 saturated carbocycles. The van der Waals surface area contributed by atoms with E-state index in [9.17, 15) is 14.4 Å². The Labute approximate surface area is 399 Å². The highest BCUT2D eigenvalue weighted by Crippen LogP contribution is 2.18. The quantitative estimate of drug-likeness (QED) is 0.0344. The number of rotatable bonds is 53. The molecule has 0 amide bonds. The van der Waals surface area contributed by atoms with Crippen molar-refractivity contribution in [3.8, 4) is 0 Å². The van der Waals surface area contributed by atoms with Gasteiger partial charge in [0.2, 0.25) is 0 Å². The van der Waals surface area contributed by atoms with Crippen molar-refractivity contribution in [1.29, 1.82) is 0 Å². The summed E-state index contributed by atoms with van der Waals surface area (Å²) in [4.78, 5) is 38.1. The Hall–Kier alpha value is -1.59. The summed E-state index contributed by atoms with van der Waals surface area (Å²) in [6.07, 6.45) is 56.6. The molecule has 0 rings (SSSR count). The minimum Gasteiger partial charge on any atom is -0.462 e. The van der Waals surface area contributed by atoms with Crippen LogP contribution >= 0.6 is 0 Å². The predicted molar refractivity (Wildman–Crippen MR) is 275 cm³/mol. The summed E-state index contributed by atoms with van der Waals surface area (Å²) in [5, 5.41) is 0. The van der Waals surface area contributed by atoms with Gasteiger partial charge in [-0.25, -0.2) is 0 Å². The fourth-order valence-electron chi connectivity index (χ4n) is 8.92. The first-order valence-corrected chi connectivity index (χ1v) is 28.9. The molecule has 0 aliphatic heterocycles. The Kier molecular flexibility index (Phi) is 51.1. The predicted octanol–water partition coefficient (Wildman–Crippen LogP) is 19.0. The number of unbranched alkanes of at least 4 members (excludes halogenated alkanes) is 40. The van der Waals surface area contributed by atoms with Crippen LogP contribution in [0.25, 0.3) is 0 Å². The van der Waals surface area contributed by atoms with Crippen LogP contribution < -0.4 is 0 Å². The zero-order valence-corrected chi connectivity index (χ0v) is 43.8. The molecule has 64 heavy (non-hydrogen) atoms. The van der Waals surface area contributed by atoms with E-state index in [2.05, 4.69) is 27.7 Å². The number of ether oxygens (including phenoxy) is 3. The lowest BCUT2D eigenvalue weighted by Gasteiger charge is -2.18. The minimum absolute atomic E-state index is 0.0619. The Bertz CT molecular complexity index is 964. The van der Waals surface area contributed by atoms with Gasteiger partial charge in [0.05, 0.1) is 0 Å². The zero-order chi connectivity index (χ0) is 46.7. The highest BCUT2D eigenvalue weighted by atomic mass is 16.6. The van der Waals surface area contributed by atoms with Crippen LogP contribution in [0, 0.1) is 5.92 Å². The SMILES string of the molecule is CCCCCCCCCCCCCCCCCCCCC(=O)OC[C@@H](COC(=O)CCCCCCCCCCCCCCC(C)C)OC(=O)CCCCCCCCCCCCCCC. The highest BCUT2D eigenvalue weighted by molar-refractivity contribution is 5.71. The molecule has 0 radical (unpaired) electrons. The molecule has 0 unspecified atom stereocenters. The van der Waals surface area contributed by atoms with Crippen molar-refractivity contribution in [3.63, 3.8) is 0 Å². The maximum Gasteiger partial charge on any atom is 0.306 e. The van der Waals surface area contributed by atoms with E-state index >= 15 is 0 Å². The van der Waals surface area contributed by atoms with Crippen LogP contribution in [-0.2, 0) is 28.6 Å². The molecule has 0 spiro atoms. The van der Waals surface area contributed by atoms with Crippen molar-refractivity contribution in [3.05, 3.63) is 0 Å². The standard InChI is InChI=1S/C58H112O6/c1-5-7-9-11-13-15-17-19-20-21-22-23-25-29-33-37-41-45-49-56(59)62-52-55(64-58(61)51-47-43-39-35-31-24-18-16-14-12-10-8-6-2)53-63-57(60)50-46-42-38-34-30-27-26-28-32-36-40-44-48-54(3)4/h54-55H,5-53H2,1-4H3/t55-/m0/s1. The van der Waals surface area contributed by atoms with Crippen LogP contribution in [0.2, 0.25) is 0 Å². The first-order valence-electron chi connectivity index (χ1n) is 28.9. The molecule has 0 aliphatic carbocycles. The molecule has 6 nitrogen and oxygen atoms in total. The van der Waals surface area contributed by atoms with E-state index in [0.29, 0.717) is 19.3 Å². The van der Waals surface area contributed by atoms with Crippen molar-refractivity contribution in [1.82, 2.24) is 0 Å². The third kappa shape index (κ3) is 51.4. The first-order chi connectivity index (χ1) is 31.4. The summed E-state index contributed by atoms with van der Waals surface area (Å²) in [5.74, 6) is -0.00202. The van der Waals surface area contributed by atoms with Crippen LogP contribution in [0.3, 0.4) is 0 Å². The smallest absolute Gasteiger partial charge is 0.306 e. The summed E-state index contributed by atoms with van der Waals surface area (Å²) in [6, 6.07) is 0. The lowest BCUT2D eigenvalue weighted by Crippen LogP contribution is -2.30. The van der Waals surface area contributed by atoms with Gasteiger partial charge in [0.15, 0.2) is 6.10 Å². The van der Waals surface area contributed by atoms with Crippen LogP contribution in [0.5, 0.6) is 0 Å². The average molecular weight is 906 g/mol. The Morgan fingerprint density at radius 1 is 0.297 bits per heavy atom. The van der Waals surface area contributed by atoms with Crippen molar-refractivity contribution >= 4 is 17.9 Å². The molecule has 380 valence electrons. The molecule has 0 bridgehead atoms. The third-order valence-corrected chi connectivity index (χ3v) is 13.3. The fraction of sp³-hybridized carbons (Fsp3) is 0.948. The topological polar surface area (TPSA) is 78.9 Å². The molecule has 0 aromatic carbocycles. The van der Waals surface area contributed by atoms with E-state index in [4.69, 9.17) is 14.2 Å². The molecule has 0 fully saturated rings. The molecule has 0 N–H and O–H groups in total. The van der Waals surface area contributed by atoms with E-state index < -0.39 is 6.10 Å². The monoisotopic (exact) mass is 905 g/mol. The molecule has 0 heterocycles. The van der Waals surface area contributed by atoms with Gasteiger partial charge in [0.25, 0.3) is 0 Å². The van der Waals surface area contributed by atoms with Crippen molar-refractivity contribution in [2.45, 2.75) is 336 Å². The lowest BCUT2D eigenvalue weighted by molar-refractivity contribution is -0.167. The average Bonchev–Trinajstić information content (AvgIpc) is 3.28. The largest absolute Gasteiger partial charge is 0.462 e. The maximum absolute atomic E-state index is 12.8. The van der Waals surface area contributed by atoms with Crippen molar-refractivity contribution < 1.29 is 28.6 Å². The Morgan fingerprint density at radius 2 is 0.516 bits per heavy atom. The van der Waals surface area contributed by atoms with Gasteiger partial charge in [0.1, 0.15) is 13.2 Å². The minimum atomic E-state index is -0.761. The number of carbonyl (C=O) groups excluding carboxylic acids is 3. The second-order valence-electron chi connectivity index (χ2n) is 20.4. The number of hydrogen-bond donors (Lipinski definition) is 0. The van der Waals surface area contributed by atoms with E-state index in [-0.39, 0.29) is 31.1 Å². The van der Waals surface area contributed by atoms with Gasteiger partial charge in [0, 0.05) is 19.3 Å². The van der Waals surface area contributed by atoms with Crippen LogP contribution in [0.4, 0.5) is 0 Å². The summed E-state index contributed by atoms with van der Waals surface area (Å²) in [5.41, 5.74) is 0. The molecular formula is C58H112O6. The van der Waals surface area contributed by atoms with Crippen molar-refractivity contribution in [2.75, 3.05) is 13.2 Å². The summed E-state index contributed by atoms with van der Waals surface area (Å²) in [7, 11) is 0. The van der Waals surface area contributed by atoms with Gasteiger partial charge >= 0.3 is 17.9 Å². The Morgan fingerprint density at radius 3 is 0.766 bits per heavy atom. The highest BCUT2D eigenvalue weighted by Gasteiger charge is 2.19. The molecular weight excluding hydrogens is 793 g/mol. The van der Waals surface area contributed by atoms with Crippen LogP contribution in [0.15, 0.2) is 0 Å². The van der Waals surface area contributed by atoms with Gasteiger partial charge in [-0.1, -0.05) is 291 Å². The maximum atomic E-state index is 12.8. The first kappa shape index (κ1) is 62.4. The van der Waals surface area contributed by atoms with Crippen molar-refractivity contribution in [2.24, 2.45) is 5.92 Å². The normalized spacial score (nSPS) is 12.0. The van der Waals surface area contributed by atoms with Crippen LogP contribution in [0.1, 0.15) is 329 Å². The fourth-order valence-corrected chi connectivity index (χ4v) is 8.92. The summed E-state index contributed by atoms with van der Waals surface area (Å²) >= 11 is 0. The number of hydrogen-bond acceptors (Lipinski definition) is 6. The second kappa shape index (κ2) is 52.4. The van der Waals surface area contributed by atoms with E-state index in [1.165, 1.54) is 225 Å². The van der Waals surface area contributed by atoms with Gasteiger partial charge in [-0.2, -0.15) is 0 Å². The molecule has 0 aromatic heterocycles. The second-order valence-corrected chi connectivity index (χ2v) is 20.4. The summed E-state index contributed by atoms with van der Waals surface area (Å²) < 4.78 is 16.9. The number of carbonyl (C=O) groups is 3. The third-order valence-electron chi connectivity index (χ3n) is 13.3. The molecule has 0 aliphatic rings. The van der Waals surface area contributed by atoms with Gasteiger partial charge in [-0.3, -0.25) is 14.4 Å². The van der Waals surface area contributed by atoms with Crippen LogP contribution in [-0.4, -0.2) is 37.2 Å². The molecule has 0 saturated heterocycles. The zero-order valence-electron chi connectivity index (χ0n) is 43.8. The molecule has 6 heteroatoms. The molecule has 1 atom stereocenters. The van der Waals surface area contributed by atoms with E-state index in [1.807, 2.05) is 0 Å². The van der Waals surface area contributed by atoms with E-state index in [0.717, 1.165) is 63.7 Å². The van der Waals surface area contributed by atoms with Gasteiger partial charge in [-0.05, 0) is 25.2 Å². The summed E-state index contributed by atoms with van der Waals surface area (Å²) in [6.45, 7) is 9.06. The number of esters is 3. The van der Waals surface area contributed by atoms with Gasteiger partial charge in [-0.15, -0.1) is 0 Å². The molecule has 0 aromatic rings. The van der Waals surface area contributed by atoms with Gasteiger partial charge < -0.3 is 14.2 Å².